The van der Waals surface area contributed by atoms with Crippen molar-refractivity contribution in [3.8, 4) is 0 Å². The van der Waals surface area contributed by atoms with E-state index in [2.05, 4.69) is 19.2 Å². The highest BCUT2D eigenvalue weighted by Gasteiger charge is 2.42. The summed E-state index contributed by atoms with van der Waals surface area (Å²) in [5.74, 6) is -0.331. The lowest BCUT2D eigenvalue weighted by atomic mass is 10.0. The predicted octanol–water partition coefficient (Wildman–Crippen LogP) is 2.86. The fourth-order valence-electron chi connectivity index (χ4n) is 2.87. The summed E-state index contributed by atoms with van der Waals surface area (Å²) in [5.41, 5.74) is 0.762. The first-order valence-electron chi connectivity index (χ1n) is 8.57. The van der Waals surface area contributed by atoms with E-state index in [4.69, 9.17) is 0 Å². The Balaban J connectivity index is 2.21. The molecular formula is C19H26N2O3. The quantitative estimate of drug-likeness (QED) is 0.782. The van der Waals surface area contributed by atoms with Crippen molar-refractivity contribution in [3.05, 3.63) is 35.4 Å². The van der Waals surface area contributed by atoms with Gasteiger partial charge in [-0.2, -0.15) is 0 Å². The second-order valence-electron chi connectivity index (χ2n) is 7.14. The molecule has 0 aliphatic carbocycles. The maximum absolute atomic E-state index is 12.6. The molecule has 130 valence electrons. The molecule has 1 heterocycles. The third kappa shape index (κ3) is 3.83. The van der Waals surface area contributed by atoms with Crippen molar-refractivity contribution in [2.24, 2.45) is 11.8 Å². The van der Waals surface area contributed by atoms with Crippen LogP contribution in [0.15, 0.2) is 24.3 Å². The predicted molar refractivity (Wildman–Crippen MR) is 92.6 cm³/mol. The average molecular weight is 330 g/mol. The maximum atomic E-state index is 12.6. The fraction of sp³-hybridized carbons (Fsp3) is 0.526. The molecular weight excluding hydrogens is 304 g/mol. The van der Waals surface area contributed by atoms with Crippen LogP contribution in [-0.2, 0) is 4.79 Å². The average Bonchev–Trinajstić information content (AvgIpc) is 2.76. The summed E-state index contributed by atoms with van der Waals surface area (Å²) in [7, 11) is 0. The van der Waals surface area contributed by atoms with Crippen molar-refractivity contribution in [3.63, 3.8) is 0 Å². The highest BCUT2D eigenvalue weighted by Crippen LogP contribution is 2.27. The van der Waals surface area contributed by atoms with E-state index in [1.54, 1.807) is 24.3 Å². The number of imide groups is 1. The standard InChI is InChI=1S/C19H26N2O3/c1-12(2)9-10-20-17(22)16(11-13(3)4)21-18(23)14-7-5-6-8-15(14)19(21)24/h5-8,12-13,16H,9-11H2,1-4H3,(H,20,22). The van der Waals surface area contributed by atoms with Crippen LogP contribution < -0.4 is 5.32 Å². The van der Waals surface area contributed by atoms with Crippen LogP contribution in [0.4, 0.5) is 0 Å². The molecule has 1 aromatic carbocycles. The molecule has 2 rings (SSSR count). The largest absolute Gasteiger partial charge is 0.354 e. The number of nitrogens with one attached hydrogen (secondary N) is 1. The second-order valence-corrected chi connectivity index (χ2v) is 7.14. The molecule has 0 saturated heterocycles. The van der Waals surface area contributed by atoms with Gasteiger partial charge in [0, 0.05) is 6.54 Å². The number of hydrogen-bond acceptors (Lipinski definition) is 3. The zero-order chi connectivity index (χ0) is 17.9. The topological polar surface area (TPSA) is 66.5 Å². The molecule has 1 atom stereocenters. The molecule has 0 radical (unpaired) electrons. The molecule has 0 fully saturated rings. The summed E-state index contributed by atoms with van der Waals surface area (Å²) in [4.78, 5) is 39.0. The Morgan fingerprint density at radius 1 is 1.00 bits per heavy atom. The smallest absolute Gasteiger partial charge is 0.262 e. The lowest BCUT2D eigenvalue weighted by molar-refractivity contribution is -0.125. The number of rotatable bonds is 7. The minimum absolute atomic E-state index is 0.190. The highest BCUT2D eigenvalue weighted by atomic mass is 16.2. The molecule has 1 aliphatic rings. The van der Waals surface area contributed by atoms with Crippen molar-refractivity contribution in [2.45, 2.75) is 46.6 Å². The summed E-state index contributed by atoms with van der Waals surface area (Å²) in [5, 5.41) is 2.88. The van der Waals surface area contributed by atoms with Crippen molar-refractivity contribution >= 4 is 17.7 Å². The molecule has 1 N–H and O–H groups in total. The number of carbonyl (C=O) groups excluding carboxylic acids is 3. The van der Waals surface area contributed by atoms with E-state index >= 15 is 0 Å². The van der Waals surface area contributed by atoms with E-state index in [9.17, 15) is 14.4 Å². The monoisotopic (exact) mass is 330 g/mol. The molecule has 0 saturated carbocycles. The summed E-state index contributed by atoms with van der Waals surface area (Å²) >= 11 is 0. The molecule has 1 unspecified atom stereocenters. The maximum Gasteiger partial charge on any atom is 0.262 e. The van der Waals surface area contributed by atoms with Crippen LogP contribution in [0, 0.1) is 11.8 Å². The van der Waals surface area contributed by atoms with Gasteiger partial charge < -0.3 is 5.32 Å². The van der Waals surface area contributed by atoms with Gasteiger partial charge in [-0.05, 0) is 36.8 Å². The van der Waals surface area contributed by atoms with Gasteiger partial charge in [0.2, 0.25) is 5.91 Å². The molecule has 1 aromatic rings. The molecule has 3 amide bonds. The van der Waals surface area contributed by atoms with Gasteiger partial charge in [-0.3, -0.25) is 19.3 Å². The van der Waals surface area contributed by atoms with Crippen LogP contribution in [0.25, 0.3) is 0 Å². The number of benzene rings is 1. The van der Waals surface area contributed by atoms with E-state index in [1.807, 2.05) is 13.8 Å². The number of hydrogen-bond donors (Lipinski definition) is 1. The third-order valence-electron chi connectivity index (χ3n) is 4.16. The Kier molecular flexibility index (Phi) is 5.75. The molecule has 1 aliphatic heterocycles. The van der Waals surface area contributed by atoms with Gasteiger partial charge >= 0.3 is 0 Å². The van der Waals surface area contributed by atoms with Crippen LogP contribution in [0.2, 0.25) is 0 Å². The Hall–Kier alpha value is -2.17. The van der Waals surface area contributed by atoms with Gasteiger partial charge in [-0.1, -0.05) is 39.8 Å². The van der Waals surface area contributed by atoms with Crippen molar-refractivity contribution < 1.29 is 14.4 Å². The Labute approximate surface area is 143 Å². The summed E-state index contributed by atoms with van der Waals surface area (Å²) < 4.78 is 0. The highest BCUT2D eigenvalue weighted by molar-refractivity contribution is 6.22. The lowest BCUT2D eigenvalue weighted by Gasteiger charge is -2.27. The van der Waals surface area contributed by atoms with Crippen LogP contribution in [-0.4, -0.2) is 35.2 Å². The Morgan fingerprint density at radius 2 is 1.54 bits per heavy atom. The van der Waals surface area contributed by atoms with Crippen molar-refractivity contribution in [1.29, 1.82) is 0 Å². The van der Waals surface area contributed by atoms with E-state index in [1.165, 1.54) is 0 Å². The summed E-state index contributed by atoms with van der Waals surface area (Å²) in [6.45, 7) is 8.68. The van der Waals surface area contributed by atoms with Gasteiger partial charge in [-0.25, -0.2) is 0 Å². The van der Waals surface area contributed by atoms with Gasteiger partial charge in [-0.15, -0.1) is 0 Å². The first kappa shape index (κ1) is 18.2. The normalized spacial score (nSPS) is 15.2. The molecule has 5 nitrogen and oxygen atoms in total. The van der Waals surface area contributed by atoms with Crippen molar-refractivity contribution in [2.75, 3.05) is 6.54 Å². The van der Waals surface area contributed by atoms with Crippen molar-refractivity contribution in [1.82, 2.24) is 10.2 Å². The Morgan fingerprint density at radius 3 is 2.00 bits per heavy atom. The summed E-state index contributed by atoms with van der Waals surface area (Å²) in [6, 6.07) is 5.98. The van der Waals surface area contributed by atoms with Crippen LogP contribution >= 0.6 is 0 Å². The molecule has 0 spiro atoms. The van der Waals surface area contributed by atoms with E-state index in [0.717, 1.165) is 11.3 Å². The fourth-order valence-corrected chi connectivity index (χ4v) is 2.87. The van der Waals surface area contributed by atoms with Crippen LogP contribution in [0.5, 0.6) is 0 Å². The number of nitrogens with zero attached hydrogens (tertiary/aromatic N) is 1. The Bertz CT molecular complexity index is 602. The minimum atomic E-state index is -0.760. The molecule has 5 heteroatoms. The van der Waals surface area contributed by atoms with Crippen LogP contribution in [0.3, 0.4) is 0 Å². The lowest BCUT2D eigenvalue weighted by Crippen LogP contribution is -2.50. The zero-order valence-corrected chi connectivity index (χ0v) is 14.8. The first-order valence-corrected chi connectivity index (χ1v) is 8.57. The number of fused-ring (bicyclic) bond motifs is 1. The SMILES string of the molecule is CC(C)CCNC(=O)C(CC(C)C)N1C(=O)c2ccccc2C1=O. The molecule has 0 aromatic heterocycles. The second kappa shape index (κ2) is 7.60. The third-order valence-corrected chi connectivity index (χ3v) is 4.16. The molecule has 0 bridgehead atoms. The molecule has 24 heavy (non-hydrogen) atoms. The van der Waals surface area contributed by atoms with Gasteiger partial charge in [0.15, 0.2) is 0 Å². The summed E-state index contributed by atoms with van der Waals surface area (Å²) in [6.07, 6.45) is 1.32. The minimum Gasteiger partial charge on any atom is -0.354 e. The van der Waals surface area contributed by atoms with Gasteiger partial charge in [0.1, 0.15) is 6.04 Å². The van der Waals surface area contributed by atoms with Gasteiger partial charge in [0.05, 0.1) is 11.1 Å². The first-order chi connectivity index (χ1) is 11.3. The van der Waals surface area contributed by atoms with E-state index < -0.39 is 6.04 Å². The van der Waals surface area contributed by atoms with E-state index in [0.29, 0.717) is 30.0 Å². The van der Waals surface area contributed by atoms with E-state index in [-0.39, 0.29) is 23.6 Å². The zero-order valence-electron chi connectivity index (χ0n) is 14.8. The van der Waals surface area contributed by atoms with Gasteiger partial charge in [0.25, 0.3) is 11.8 Å². The van der Waals surface area contributed by atoms with Crippen LogP contribution in [0.1, 0.15) is 61.3 Å². The number of carbonyl (C=O) groups is 3. The number of amides is 3.